The van der Waals surface area contributed by atoms with Crippen molar-refractivity contribution in [3.05, 3.63) is 49.0 Å². The lowest BCUT2D eigenvalue weighted by Crippen LogP contribution is -2.12. The van der Waals surface area contributed by atoms with E-state index in [4.69, 9.17) is 9.47 Å². The van der Waals surface area contributed by atoms with E-state index in [0.717, 1.165) is 8.26 Å². The Morgan fingerprint density at radius 2 is 1.88 bits per heavy atom. The number of nitrogens with one attached hydrogen (secondary N) is 1. The van der Waals surface area contributed by atoms with Gasteiger partial charge in [0.2, 0.25) is 0 Å². The van der Waals surface area contributed by atoms with Crippen LogP contribution >= 0.6 is 43.2 Å². The fraction of sp³-hybridized carbons (Fsp3) is 0.250. The van der Waals surface area contributed by atoms with E-state index >= 15 is 0 Å². The van der Waals surface area contributed by atoms with Gasteiger partial charge in [-0.3, -0.25) is 4.79 Å². The Balaban J connectivity index is 1.91. The van der Waals surface area contributed by atoms with Crippen LogP contribution in [-0.4, -0.2) is 31.7 Å². The number of hydrogen-bond donors (Lipinski definition) is 1. The zero-order chi connectivity index (χ0) is 17.5. The predicted molar refractivity (Wildman–Crippen MR) is 101 cm³/mol. The highest BCUT2D eigenvalue weighted by Crippen LogP contribution is 2.32. The maximum atomic E-state index is 12.2. The number of thiophene rings is 1. The van der Waals surface area contributed by atoms with Gasteiger partial charge in [0, 0.05) is 16.8 Å². The van der Waals surface area contributed by atoms with E-state index in [1.165, 1.54) is 11.3 Å². The third-order valence-corrected chi connectivity index (χ3v) is 6.17. The summed E-state index contributed by atoms with van der Waals surface area (Å²) in [4.78, 5) is 24.6. The topological polar surface area (TPSA) is 64.6 Å². The molecular formula is C16H15Br2NO4S. The van der Waals surface area contributed by atoms with Crippen LogP contribution in [0.3, 0.4) is 0 Å². The van der Waals surface area contributed by atoms with Gasteiger partial charge in [-0.25, -0.2) is 4.79 Å². The number of ether oxygens (including phenoxy) is 2. The molecule has 0 aliphatic rings. The Morgan fingerprint density at radius 3 is 2.46 bits per heavy atom. The smallest absolute Gasteiger partial charge is 0.338 e. The maximum absolute atomic E-state index is 12.2. The average molecular weight is 477 g/mol. The molecule has 0 aliphatic carbocycles. The molecule has 0 unspecified atom stereocenters. The molecule has 128 valence electrons. The molecule has 0 bridgehead atoms. The molecule has 8 heteroatoms. The molecule has 1 N–H and O–H groups in total. The van der Waals surface area contributed by atoms with Crippen LogP contribution in [0, 0.1) is 0 Å². The molecular weight excluding hydrogens is 462 g/mol. The van der Waals surface area contributed by atoms with E-state index < -0.39 is 5.97 Å². The molecule has 2 aromatic rings. The summed E-state index contributed by atoms with van der Waals surface area (Å²) in [6.07, 6.45) is 0. The van der Waals surface area contributed by atoms with Crippen LogP contribution < -0.4 is 5.32 Å². The summed E-state index contributed by atoms with van der Waals surface area (Å²) in [5.74, 6) is -0.628. The number of amides is 1. The van der Waals surface area contributed by atoms with Gasteiger partial charge in [-0.1, -0.05) is 0 Å². The molecule has 0 spiro atoms. The highest BCUT2D eigenvalue weighted by molar-refractivity contribution is 9.13. The first kappa shape index (κ1) is 19.1. The van der Waals surface area contributed by atoms with Crippen molar-refractivity contribution in [2.24, 2.45) is 0 Å². The first-order chi connectivity index (χ1) is 11.5. The number of carbonyl (C=O) groups excluding carboxylic acids is 2. The van der Waals surface area contributed by atoms with Gasteiger partial charge in [-0.2, -0.15) is 0 Å². The Bertz CT molecular complexity index is 696. The third kappa shape index (κ3) is 5.41. The zero-order valence-corrected chi connectivity index (χ0v) is 16.8. The molecule has 1 aromatic carbocycles. The van der Waals surface area contributed by atoms with Gasteiger partial charge in [0.05, 0.1) is 20.8 Å². The second-order valence-electron chi connectivity index (χ2n) is 4.60. The first-order valence-electron chi connectivity index (χ1n) is 7.12. The average Bonchev–Trinajstić information content (AvgIpc) is 2.91. The van der Waals surface area contributed by atoms with Gasteiger partial charge in [0.1, 0.15) is 6.61 Å². The highest BCUT2D eigenvalue weighted by Gasteiger charge is 2.13. The van der Waals surface area contributed by atoms with Crippen molar-refractivity contribution < 1.29 is 19.1 Å². The fourth-order valence-corrected chi connectivity index (χ4v) is 3.69. The van der Waals surface area contributed by atoms with Gasteiger partial charge >= 0.3 is 5.97 Å². The van der Waals surface area contributed by atoms with Crippen LogP contribution in [0.4, 0.5) is 5.69 Å². The van der Waals surface area contributed by atoms with E-state index in [0.29, 0.717) is 29.3 Å². The molecule has 2 rings (SSSR count). The van der Waals surface area contributed by atoms with Crippen molar-refractivity contribution in [3.63, 3.8) is 0 Å². The SMILES string of the molecule is CCOCCOC(=O)c1ccc(NC(=O)c2cc(Br)c(Br)s2)cc1. The van der Waals surface area contributed by atoms with Crippen molar-refractivity contribution in [3.8, 4) is 0 Å². The summed E-state index contributed by atoms with van der Waals surface area (Å²) in [7, 11) is 0. The normalized spacial score (nSPS) is 10.5. The number of esters is 1. The fourth-order valence-electron chi connectivity index (χ4n) is 1.76. The molecule has 24 heavy (non-hydrogen) atoms. The van der Waals surface area contributed by atoms with E-state index in [9.17, 15) is 9.59 Å². The standard InChI is InChI=1S/C16H15Br2NO4S/c1-2-22-7-8-23-16(21)10-3-5-11(6-4-10)19-15(20)13-9-12(17)14(18)24-13/h3-6,9H,2,7-8H2,1H3,(H,19,20). The van der Waals surface area contributed by atoms with Gasteiger partial charge < -0.3 is 14.8 Å². The largest absolute Gasteiger partial charge is 0.460 e. The first-order valence-corrected chi connectivity index (χ1v) is 9.52. The second kappa shape index (κ2) is 9.31. The molecule has 0 saturated carbocycles. The van der Waals surface area contributed by atoms with Crippen molar-refractivity contribution in [2.75, 3.05) is 25.1 Å². The van der Waals surface area contributed by atoms with E-state index in [1.54, 1.807) is 30.3 Å². The van der Waals surface area contributed by atoms with E-state index in [-0.39, 0.29) is 12.5 Å². The zero-order valence-electron chi connectivity index (χ0n) is 12.8. The van der Waals surface area contributed by atoms with Gasteiger partial charge in [-0.05, 0) is 69.1 Å². The molecule has 1 amide bonds. The third-order valence-electron chi connectivity index (χ3n) is 2.91. The Kier molecular flexibility index (Phi) is 7.41. The van der Waals surface area contributed by atoms with Gasteiger partial charge in [0.15, 0.2) is 0 Å². The Labute approximate surface area is 160 Å². The van der Waals surface area contributed by atoms with Crippen molar-refractivity contribution >= 4 is 60.8 Å². The molecule has 0 atom stereocenters. The summed E-state index contributed by atoms with van der Waals surface area (Å²) in [5, 5.41) is 2.78. The molecule has 0 aliphatic heterocycles. The van der Waals surface area contributed by atoms with Crippen molar-refractivity contribution in [2.45, 2.75) is 6.92 Å². The number of hydrogen-bond acceptors (Lipinski definition) is 5. The monoisotopic (exact) mass is 475 g/mol. The van der Waals surface area contributed by atoms with E-state index in [1.807, 2.05) is 6.92 Å². The summed E-state index contributed by atoms with van der Waals surface area (Å²) >= 11 is 8.04. The van der Waals surface area contributed by atoms with Gasteiger partial charge in [-0.15, -0.1) is 11.3 Å². The van der Waals surface area contributed by atoms with Crippen LogP contribution in [0.25, 0.3) is 0 Å². The van der Waals surface area contributed by atoms with Gasteiger partial charge in [0.25, 0.3) is 5.91 Å². The van der Waals surface area contributed by atoms with Crippen molar-refractivity contribution in [1.82, 2.24) is 0 Å². The lowest BCUT2D eigenvalue weighted by atomic mass is 10.2. The minimum Gasteiger partial charge on any atom is -0.460 e. The molecule has 0 fully saturated rings. The Morgan fingerprint density at radius 1 is 1.17 bits per heavy atom. The number of carbonyl (C=O) groups is 2. The lowest BCUT2D eigenvalue weighted by Gasteiger charge is -2.07. The molecule has 0 saturated heterocycles. The van der Waals surface area contributed by atoms with E-state index in [2.05, 4.69) is 37.2 Å². The minimum atomic E-state index is -0.418. The quantitative estimate of drug-likeness (QED) is 0.463. The van der Waals surface area contributed by atoms with Crippen LogP contribution in [0.15, 0.2) is 38.6 Å². The highest BCUT2D eigenvalue weighted by atomic mass is 79.9. The summed E-state index contributed by atoms with van der Waals surface area (Å²) in [5.41, 5.74) is 1.03. The van der Waals surface area contributed by atoms with Crippen LogP contribution in [0.2, 0.25) is 0 Å². The summed E-state index contributed by atoms with van der Waals surface area (Å²) in [6, 6.07) is 8.29. The lowest BCUT2D eigenvalue weighted by molar-refractivity contribution is 0.0335. The summed E-state index contributed by atoms with van der Waals surface area (Å²) < 4.78 is 11.9. The molecule has 1 aromatic heterocycles. The van der Waals surface area contributed by atoms with Crippen molar-refractivity contribution in [1.29, 1.82) is 0 Å². The number of halogens is 2. The summed E-state index contributed by atoms with van der Waals surface area (Å²) in [6.45, 7) is 3.06. The number of rotatable bonds is 7. The number of benzene rings is 1. The van der Waals surface area contributed by atoms with Crippen LogP contribution in [0.5, 0.6) is 0 Å². The molecule has 0 radical (unpaired) electrons. The number of anilines is 1. The molecule has 5 nitrogen and oxygen atoms in total. The minimum absolute atomic E-state index is 0.210. The van der Waals surface area contributed by atoms with Crippen LogP contribution in [0.1, 0.15) is 27.0 Å². The van der Waals surface area contributed by atoms with Crippen LogP contribution in [-0.2, 0) is 9.47 Å². The second-order valence-corrected chi connectivity index (χ2v) is 7.82. The maximum Gasteiger partial charge on any atom is 0.338 e. The molecule has 1 heterocycles. The predicted octanol–water partition coefficient (Wildman–Crippen LogP) is 4.72. The Hall–Kier alpha value is -1.22.